The molecule has 6 heteroatoms. The van der Waals surface area contributed by atoms with Gasteiger partial charge in [0.1, 0.15) is 5.75 Å². The van der Waals surface area contributed by atoms with Crippen molar-refractivity contribution >= 4 is 5.69 Å². The summed E-state index contributed by atoms with van der Waals surface area (Å²) in [6.45, 7) is 10.3. The maximum atomic E-state index is 8.53. The van der Waals surface area contributed by atoms with Gasteiger partial charge in [-0.3, -0.25) is 0 Å². The molecule has 1 heterocycles. The fourth-order valence-electron chi connectivity index (χ4n) is 3.27. The Hall–Kier alpha value is -3.17. The normalized spacial score (nSPS) is 20.3. The molecule has 6 nitrogen and oxygen atoms in total. The van der Waals surface area contributed by atoms with Crippen LogP contribution < -0.4 is 10.1 Å². The SMILES string of the molecule is [2H]c1c([2H])c(-c2noc(-c3c([2H])c([2H])c(OC([2H])(C)C)c([N+]#[C-])c3[2H])n2)c2c(c1[2H])[C@@H](NC([2H])([2H])CC)CC2. The lowest BCUT2D eigenvalue weighted by atomic mass is 10.0. The van der Waals surface area contributed by atoms with Crippen molar-refractivity contribution in [3.8, 4) is 28.6 Å². The van der Waals surface area contributed by atoms with Crippen LogP contribution in [0.25, 0.3) is 27.7 Å². The second-order valence-corrected chi connectivity index (χ2v) is 6.88. The van der Waals surface area contributed by atoms with E-state index < -0.39 is 36.7 Å². The number of hydrogen-bond acceptors (Lipinski definition) is 5. The lowest BCUT2D eigenvalue weighted by Crippen LogP contribution is -2.19. The molecule has 0 saturated carbocycles. The van der Waals surface area contributed by atoms with E-state index in [2.05, 4.69) is 20.3 Å². The maximum absolute atomic E-state index is 8.53. The molecule has 1 aliphatic rings. The predicted octanol–water partition coefficient (Wildman–Crippen LogP) is 5.73. The van der Waals surface area contributed by atoms with Crippen LogP contribution in [-0.2, 0) is 6.42 Å². The van der Waals surface area contributed by atoms with Gasteiger partial charge in [0, 0.05) is 21.3 Å². The summed E-state index contributed by atoms with van der Waals surface area (Å²) < 4.78 is 85.5. The van der Waals surface area contributed by atoms with E-state index in [1.165, 1.54) is 13.8 Å². The summed E-state index contributed by atoms with van der Waals surface area (Å²) in [5, 5.41) is 6.82. The molecule has 0 fully saturated rings. The smallest absolute Gasteiger partial charge is 0.256 e. The van der Waals surface area contributed by atoms with Gasteiger partial charge in [-0.1, -0.05) is 30.2 Å². The zero-order chi connectivity index (χ0) is 29.0. The minimum absolute atomic E-state index is 0.124. The maximum Gasteiger partial charge on any atom is 0.256 e. The summed E-state index contributed by atoms with van der Waals surface area (Å²) in [5.41, 5.74) is 0.355. The van der Waals surface area contributed by atoms with Gasteiger partial charge in [0.25, 0.3) is 5.89 Å². The third-order valence-corrected chi connectivity index (χ3v) is 4.54. The predicted molar refractivity (Wildman–Crippen MR) is 117 cm³/mol. The molecule has 0 saturated heterocycles. The van der Waals surface area contributed by atoms with Gasteiger partial charge < -0.3 is 14.6 Å². The second-order valence-electron chi connectivity index (χ2n) is 6.88. The summed E-state index contributed by atoms with van der Waals surface area (Å²) in [6.07, 6.45) is -0.541. The Kier molecular flexibility index (Phi) is 3.44. The van der Waals surface area contributed by atoms with E-state index in [-0.39, 0.29) is 58.8 Å². The quantitative estimate of drug-likeness (QED) is 0.503. The van der Waals surface area contributed by atoms with Crippen molar-refractivity contribution in [3.05, 3.63) is 58.8 Å². The van der Waals surface area contributed by atoms with E-state index >= 15 is 0 Å². The average molecular weight is 412 g/mol. The van der Waals surface area contributed by atoms with E-state index in [0.29, 0.717) is 24.0 Å². The Bertz CT molecular complexity index is 1510. The molecule has 1 N–H and O–H groups in total. The van der Waals surface area contributed by atoms with Crippen LogP contribution in [0, 0.1) is 6.57 Å². The van der Waals surface area contributed by atoms with E-state index in [1.54, 1.807) is 6.92 Å². The summed E-state index contributed by atoms with van der Waals surface area (Å²) in [7, 11) is 0. The van der Waals surface area contributed by atoms with Crippen LogP contribution in [0.1, 0.15) is 63.1 Å². The first-order chi connectivity index (χ1) is 18.1. The largest absolute Gasteiger partial charge is 0.502 e. The van der Waals surface area contributed by atoms with Gasteiger partial charge in [0.2, 0.25) is 11.5 Å². The van der Waals surface area contributed by atoms with Crippen molar-refractivity contribution in [1.29, 1.82) is 0 Å². The Morgan fingerprint density at radius 1 is 1.43 bits per heavy atom. The summed E-state index contributed by atoms with van der Waals surface area (Å²) in [5.74, 6) is -0.842. The Morgan fingerprint density at radius 2 is 2.30 bits per heavy atom. The lowest BCUT2D eigenvalue weighted by Gasteiger charge is -2.13. The van der Waals surface area contributed by atoms with E-state index in [4.69, 9.17) is 28.2 Å². The van der Waals surface area contributed by atoms with Gasteiger partial charge in [-0.25, -0.2) is 4.85 Å². The van der Waals surface area contributed by atoms with Crippen LogP contribution in [0.4, 0.5) is 5.69 Å². The first-order valence-corrected chi connectivity index (χ1v) is 9.56. The molecule has 0 aliphatic heterocycles. The van der Waals surface area contributed by atoms with Gasteiger partial charge in [-0.05, 0) is 68.9 Å². The number of fused-ring (bicyclic) bond motifs is 1. The molecular weight excluding hydrogens is 376 g/mol. The van der Waals surface area contributed by atoms with Crippen molar-refractivity contribution in [2.45, 2.75) is 52.2 Å². The van der Waals surface area contributed by atoms with Gasteiger partial charge in [-0.2, -0.15) is 4.98 Å². The van der Waals surface area contributed by atoms with E-state index in [1.807, 2.05) is 0 Å². The summed E-state index contributed by atoms with van der Waals surface area (Å²) >= 11 is 0. The lowest BCUT2D eigenvalue weighted by molar-refractivity contribution is 0.244. The zero-order valence-corrected chi connectivity index (χ0v) is 16.9. The fourth-order valence-corrected chi connectivity index (χ4v) is 3.27. The second kappa shape index (κ2) is 8.68. The minimum atomic E-state index is -1.70. The number of nitrogens with zero attached hydrogens (tertiary/aromatic N) is 3. The average Bonchev–Trinajstić information content (AvgIpc) is 3.48. The van der Waals surface area contributed by atoms with Gasteiger partial charge in [-0.15, -0.1) is 0 Å². The van der Waals surface area contributed by atoms with Gasteiger partial charge >= 0.3 is 0 Å². The number of ether oxygens (including phenoxy) is 1. The molecule has 0 unspecified atom stereocenters. The first kappa shape index (κ1) is 11.9. The molecule has 1 aromatic heterocycles. The number of benzene rings is 2. The fraction of sp³-hybridized carbons (Fsp3) is 0.375. The van der Waals surface area contributed by atoms with Crippen LogP contribution in [0.15, 0.2) is 40.8 Å². The third kappa shape index (κ3) is 3.94. The van der Waals surface area contributed by atoms with Crippen LogP contribution in [0.3, 0.4) is 0 Å². The highest BCUT2D eigenvalue weighted by Gasteiger charge is 2.26. The van der Waals surface area contributed by atoms with Crippen LogP contribution in [0.2, 0.25) is 0 Å². The summed E-state index contributed by atoms with van der Waals surface area (Å²) in [4.78, 5) is 7.56. The number of aromatic nitrogens is 2. The van der Waals surface area contributed by atoms with Crippen molar-refractivity contribution < 1.29 is 21.6 Å². The Labute approximate surface area is 189 Å². The molecule has 154 valence electrons. The summed E-state index contributed by atoms with van der Waals surface area (Å²) in [6, 6.07) is -2.98. The Morgan fingerprint density at radius 3 is 3.07 bits per heavy atom. The molecule has 0 amide bonds. The monoisotopic (exact) mass is 411 g/mol. The van der Waals surface area contributed by atoms with Crippen molar-refractivity contribution in [3.63, 3.8) is 0 Å². The molecule has 30 heavy (non-hydrogen) atoms. The molecule has 1 aliphatic carbocycles. The number of rotatable bonds is 7. The standard InChI is InChI=1S/C24H26N4O2/c1-5-13-26-20-11-10-17-18(20)7-6-8-19(17)23-27-24(30-28-23)16-9-12-22(29-15(2)3)21(14-16)25-4/h6-9,12,14-15,20,26H,5,10-11,13H2,1-3H3/t20-/m0/s1/i6D,7D,8D,9D,12D,13D2,14D,15D. The Balaban J connectivity index is 1.87. The number of hydrogen-bond donors (Lipinski definition) is 1. The van der Waals surface area contributed by atoms with Crippen molar-refractivity contribution in [2.75, 3.05) is 6.50 Å². The molecule has 3 aromatic rings. The zero-order valence-electron chi connectivity index (χ0n) is 25.9. The van der Waals surface area contributed by atoms with Crippen LogP contribution >= 0.6 is 0 Å². The van der Waals surface area contributed by atoms with Crippen LogP contribution in [0.5, 0.6) is 5.75 Å². The van der Waals surface area contributed by atoms with Gasteiger partial charge in [0.05, 0.1) is 20.9 Å². The highest BCUT2D eigenvalue weighted by Crippen LogP contribution is 2.38. The van der Waals surface area contributed by atoms with Crippen molar-refractivity contribution in [1.82, 2.24) is 15.5 Å². The van der Waals surface area contributed by atoms with Gasteiger partial charge in [0.15, 0.2) is 0 Å². The molecule has 1 atom stereocenters. The van der Waals surface area contributed by atoms with E-state index in [9.17, 15) is 0 Å². The molecule has 0 radical (unpaired) electrons. The third-order valence-electron chi connectivity index (χ3n) is 4.54. The molecule has 0 spiro atoms. The molecular formula is C24H26N4O2. The first-order valence-electron chi connectivity index (χ1n) is 14.1. The van der Waals surface area contributed by atoms with Crippen LogP contribution in [-0.4, -0.2) is 22.7 Å². The highest BCUT2D eigenvalue weighted by molar-refractivity contribution is 5.70. The molecule has 0 bridgehead atoms. The van der Waals surface area contributed by atoms with Crippen molar-refractivity contribution in [2.24, 2.45) is 0 Å². The number of nitrogens with one attached hydrogen (secondary N) is 1. The highest BCUT2D eigenvalue weighted by atomic mass is 16.5. The minimum Gasteiger partial charge on any atom is -0.502 e. The molecule has 2 aromatic carbocycles. The molecule has 4 rings (SSSR count). The topological polar surface area (TPSA) is 64.5 Å². The van der Waals surface area contributed by atoms with E-state index in [0.717, 1.165) is 0 Å².